The summed E-state index contributed by atoms with van der Waals surface area (Å²) >= 11 is 3.41. The number of rotatable bonds is 4. The lowest BCUT2D eigenvalue weighted by Crippen LogP contribution is -2.50. The average Bonchev–Trinajstić information content (AvgIpc) is 2.18. The molecular weight excluding hydrogens is 285 g/mol. The van der Waals surface area contributed by atoms with E-state index in [4.69, 9.17) is 0 Å². The zero-order chi connectivity index (χ0) is 12.2. The molecule has 0 aromatic carbocycles. The minimum absolute atomic E-state index is 0.522. The Morgan fingerprint density at radius 1 is 1.12 bits per heavy atom. The van der Waals surface area contributed by atoms with Crippen LogP contribution >= 0.6 is 15.9 Å². The van der Waals surface area contributed by atoms with E-state index in [0.29, 0.717) is 19.0 Å². The summed E-state index contributed by atoms with van der Waals surface area (Å²) in [6.07, 6.45) is -4.06. The van der Waals surface area contributed by atoms with Gasteiger partial charge in [-0.1, -0.05) is 22.9 Å². The summed E-state index contributed by atoms with van der Waals surface area (Å²) in [5.41, 5.74) is 0. The van der Waals surface area contributed by atoms with Gasteiger partial charge in [0.1, 0.15) is 0 Å². The minimum Gasteiger partial charge on any atom is -0.301 e. The van der Waals surface area contributed by atoms with Crippen molar-refractivity contribution in [3.63, 3.8) is 0 Å². The van der Waals surface area contributed by atoms with Gasteiger partial charge in [-0.25, -0.2) is 0 Å². The van der Waals surface area contributed by atoms with E-state index in [1.54, 1.807) is 0 Å². The topological polar surface area (TPSA) is 6.48 Å². The molecule has 0 saturated carbocycles. The summed E-state index contributed by atoms with van der Waals surface area (Å²) in [6.45, 7) is 4.86. The Bertz CT molecular complexity index is 203. The van der Waals surface area contributed by atoms with Crippen LogP contribution in [0.1, 0.15) is 6.92 Å². The summed E-state index contributed by atoms with van der Waals surface area (Å²) in [7, 11) is 0. The molecule has 1 aliphatic rings. The third-order valence-corrected chi connectivity index (χ3v) is 3.81. The maximum absolute atomic E-state index is 12.1. The number of halogens is 4. The van der Waals surface area contributed by atoms with Crippen LogP contribution in [0.3, 0.4) is 0 Å². The third-order valence-electron chi connectivity index (χ3n) is 2.70. The van der Waals surface area contributed by atoms with E-state index in [9.17, 15) is 13.2 Å². The van der Waals surface area contributed by atoms with Gasteiger partial charge in [0.25, 0.3) is 0 Å². The predicted octanol–water partition coefficient (Wildman–Crippen LogP) is 2.20. The molecule has 1 rings (SSSR count). The highest BCUT2D eigenvalue weighted by Gasteiger charge is 2.32. The van der Waals surface area contributed by atoms with Crippen molar-refractivity contribution >= 4 is 15.9 Å². The molecule has 0 N–H and O–H groups in total. The highest BCUT2D eigenvalue weighted by atomic mass is 79.9. The van der Waals surface area contributed by atoms with E-state index >= 15 is 0 Å². The van der Waals surface area contributed by atoms with Crippen molar-refractivity contribution < 1.29 is 13.2 Å². The first kappa shape index (κ1) is 14.3. The van der Waals surface area contributed by atoms with Gasteiger partial charge in [0.2, 0.25) is 0 Å². The fourth-order valence-electron chi connectivity index (χ4n) is 1.87. The van der Waals surface area contributed by atoms with Crippen LogP contribution in [-0.2, 0) is 0 Å². The van der Waals surface area contributed by atoms with Crippen molar-refractivity contribution in [3.05, 3.63) is 0 Å². The predicted molar refractivity (Wildman–Crippen MR) is 61.9 cm³/mol. The molecule has 1 atom stereocenters. The molecule has 0 amide bonds. The van der Waals surface area contributed by atoms with Crippen LogP contribution < -0.4 is 0 Å². The molecule has 1 fully saturated rings. The molecule has 6 heteroatoms. The maximum atomic E-state index is 12.1. The summed E-state index contributed by atoms with van der Waals surface area (Å²) in [6, 6.07) is 0. The molecule has 0 aliphatic carbocycles. The monoisotopic (exact) mass is 302 g/mol. The van der Waals surface area contributed by atoms with E-state index in [0.717, 1.165) is 25.0 Å². The summed E-state index contributed by atoms with van der Waals surface area (Å²) in [5, 5.41) is 0.940. The second kappa shape index (κ2) is 6.21. The van der Waals surface area contributed by atoms with Crippen molar-refractivity contribution in [1.82, 2.24) is 9.80 Å². The van der Waals surface area contributed by atoms with Crippen molar-refractivity contribution in [1.29, 1.82) is 0 Å². The van der Waals surface area contributed by atoms with Crippen molar-refractivity contribution in [3.8, 4) is 0 Å². The lowest BCUT2D eigenvalue weighted by Gasteiger charge is -2.35. The highest BCUT2D eigenvalue weighted by Crippen LogP contribution is 2.17. The van der Waals surface area contributed by atoms with Crippen LogP contribution in [-0.4, -0.2) is 60.6 Å². The van der Waals surface area contributed by atoms with Crippen LogP contribution in [0.5, 0.6) is 0 Å². The summed E-state index contributed by atoms with van der Waals surface area (Å²) < 4.78 is 36.4. The molecule has 0 aromatic rings. The van der Waals surface area contributed by atoms with Crippen molar-refractivity contribution in [2.75, 3.05) is 44.6 Å². The van der Waals surface area contributed by atoms with E-state index in [-0.39, 0.29) is 0 Å². The number of nitrogens with zero attached hydrogens (tertiary/aromatic N) is 2. The molecule has 2 nitrogen and oxygen atoms in total. The van der Waals surface area contributed by atoms with E-state index in [2.05, 4.69) is 27.8 Å². The second-order valence-electron chi connectivity index (χ2n) is 4.45. The minimum atomic E-state index is -4.06. The number of hydrogen-bond donors (Lipinski definition) is 0. The molecule has 0 spiro atoms. The smallest absolute Gasteiger partial charge is 0.301 e. The van der Waals surface area contributed by atoms with Crippen LogP contribution in [0.2, 0.25) is 0 Å². The zero-order valence-electron chi connectivity index (χ0n) is 9.43. The van der Waals surface area contributed by atoms with Gasteiger partial charge in [-0.2, -0.15) is 13.2 Å². The van der Waals surface area contributed by atoms with Crippen LogP contribution in [0.15, 0.2) is 0 Å². The van der Waals surface area contributed by atoms with Gasteiger partial charge in [-0.05, 0) is 5.92 Å². The molecule has 1 aliphatic heterocycles. The Morgan fingerprint density at radius 2 is 1.62 bits per heavy atom. The van der Waals surface area contributed by atoms with Crippen LogP contribution in [0.25, 0.3) is 0 Å². The van der Waals surface area contributed by atoms with Crippen LogP contribution in [0, 0.1) is 5.92 Å². The van der Waals surface area contributed by atoms with Gasteiger partial charge < -0.3 is 4.90 Å². The highest BCUT2D eigenvalue weighted by molar-refractivity contribution is 9.09. The average molecular weight is 303 g/mol. The fraction of sp³-hybridized carbons (Fsp3) is 1.00. The molecular formula is C10H18BrF3N2. The van der Waals surface area contributed by atoms with Crippen molar-refractivity contribution in [2.24, 2.45) is 5.92 Å². The Hall–Kier alpha value is 0.190. The largest absolute Gasteiger partial charge is 0.401 e. The first-order valence-corrected chi connectivity index (χ1v) is 6.60. The maximum Gasteiger partial charge on any atom is 0.401 e. The van der Waals surface area contributed by atoms with Gasteiger partial charge in [-0.15, -0.1) is 0 Å². The third kappa shape index (κ3) is 5.50. The lowest BCUT2D eigenvalue weighted by atomic mass is 10.2. The number of alkyl halides is 4. The normalized spacial score (nSPS) is 22.3. The second-order valence-corrected chi connectivity index (χ2v) is 5.10. The molecule has 1 unspecified atom stereocenters. The fourth-order valence-corrected chi connectivity index (χ4v) is 2.08. The SMILES string of the molecule is CC(CBr)CN1CCN(CC(F)(F)F)CC1. The van der Waals surface area contributed by atoms with Crippen molar-refractivity contribution in [2.45, 2.75) is 13.1 Å². The van der Waals surface area contributed by atoms with Gasteiger partial charge in [-0.3, -0.25) is 4.90 Å². The molecule has 0 aromatic heterocycles. The number of hydrogen-bond acceptors (Lipinski definition) is 2. The van der Waals surface area contributed by atoms with Gasteiger partial charge in [0.05, 0.1) is 6.54 Å². The van der Waals surface area contributed by atoms with Crippen LogP contribution in [0.4, 0.5) is 13.2 Å². The van der Waals surface area contributed by atoms with Gasteiger partial charge >= 0.3 is 6.18 Å². The van der Waals surface area contributed by atoms with Gasteiger partial charge in [0.15, 0.2) is 0 Å². The standard InChI is InChI=1S/C10H18BrF3N2/c1-9(6-11)7-15-2-4-16(5-3-15)8-10(12,13)14/h9H,2-8H2,1H3. The zero-order valence-corrected chi connectivity index (χ0v) is 11.0. The first-order valence-electron chi connectivity index (χ1n) is 5.48. The molecule has 0 radical (unpaired) electrons. The van der Waals surface area contributed by atoms with Gasteiger partial charge in [0, 0.05) is 38.1 Å². The quantitative estimate of drug-likeness (QED) is 0.735. The Kier molecular flexibility index (Phi) is 5.53. The molecule has 96 valence electrons. The Balaban J connectivity index is 2.23. The molecule has 1 heterocycles. The molecule has 0 bridgehead atoms. The Morgan fingerprint density at radius 3 is 2.06 bits per heavy atom. The van der Waals surface area contributed by atoms with E-state index in [1.165, 1.54) is 4.90 Å². The van der Waals surface area contributed by atoms with E-state index in [1.807, 2.05) is 0 Å². The molecule has 16 heavy (non-hydrogen) atoms. The Labute approximate surface area is 103 Å². The summed E-state index contributed by atoms with van der Waals surface area (Å²) in [4.78, 5) is 3.72. The van der Waals surface area contributed by atoms with E-state index < -0.39 is 12.7 Å². The lowest BCUT2D eigenvalue weighted by molar-refractivity contribution is -0.149. The number of piperazine rings is 1. The molecule has 1 saturated heterocycles. The summed E-state index contributed by atoms with van der Waals surface area (Å²) in [5.74, 6) is 0.550. The first-order chi connectivity index (χ1) is 7.40.